The zero-order valence-corrected chi connectivity index (χ0v) is 16.5. The highest BCUT2D eigenvalue weighted by molar-refractivity contribution is 7.99. The molecule has 0 aliphatic heterocycles. The van der Waals surface area contributed by atoms with Crippen molar-refractivity contribution >= 4 is 17.7 Å². The average Bonchev–Trinajstić information content (AvgIpc) is 3.19. The molecule has 0 aliphatic carbocycles. The fourth-order valence-corrected chi connectivity index (χ4v) is 3.02. The monoisotopic (exact) mass is 399 g/mol. The molecule has 1 heterocycles. The number of amides is 1. The second kappa shape index (κ2) is 9.80. The summed E-state index contributed by atoms with van der Waals surface area (Å²) in [4.78, 5) is 12.0. The standard InChI is InChI=1S/C20H21N3O4S/c1-25-16-7-3-14(4-8-16)11-19-22-23-20(27-19)28-13-18(24)21-12-15-5-9-17(26-2)10-6-15/h3-10H,11-13H2,1-2H3,(H,21,24). The smallest absolute Gasteiger partial charge is 0.277 e. The zero-order valence-electron chi connectivity index (χ0n) is 15.7. The van der Waals surface area contributed by atoms with E-state index >= 15 is 0 Å². The van der Waals surface area contributed by atoms with Crippen molar-refractivity contribution in [3.05, 3.63) is 65.5 Å². The Morgan fingerprint density at radius 3 is 2.18 bits per heavy atom. The Morgan fingerprint density at radius 1 is 0.964 bits per heavy atom. The third-order valence-corrected chi connectivity index (χ3v) is 4.76. The van der Waals surface area contributed by atoms with Crippen LogP contribution in [-0.4, -0.2) is 36.1 Å². The predicted octanol–water partition coefficient (Wildman–Crippen LogP) is 3.09. The fraction of sp³-hybridized carbons (Fsp3) is 0.250. The van der Waals surface area contributed by atoms with E-state index in [1.165, 1.54) is 11.8 Å². The molecule has 1 N–H and O–H groups in total. The van der Waals surface area contributed by atoms with Crippen molar-refractivity contribution in [1.29, 1.82) is 0 Å². The Balaban J connectivity index is 1.43. The highest BCUT2D eigenvalue weighted by Gasteiger charge is 2.10. The van der Waals surface area contributed by atoms with E-state index in [4.69, 9.17) is 13.9 Å². The van der Waals surface area contributed by atoms with Crippen LogP contribution in [0, 0.1) is 0 Å². The molecule has 0 aliphatic rings. The van der Waals surface area contributed by atoms with Crippen LogP contribution in [0.25, 0.3) is 0 Å². The molecule has 2 aromatic carbocycles. The van der Waals surface area contributed by atoms with Crippen molar-refractivity contribution in [3.8, 4) is 11.5 Å². The topological polar surface area (TPSA) is 86.5 Å². The molecule has 0 saturated heterocycles. The number of nitrogens with one attached hydrogen (secondary N) is 1. The van der Waals surface area contributed by atoms with Crippen LogP contribution in [0.5, 0.6) is 11.5 Å². The number of hydrogen-bond acceptors (Lipinski definition) is 7. The van der Waals surface area contributed by atoms with Crippen molar-refractivity contribution in [2.24, 2.45) is 0 Å². The quantitative estimate of drug-likeness (QED) is 0.553. The lowest BCUT2D eigenvalue weighted by Crippen LogP contribution is -2.24. The number of rotatable bonds is 9. The first-order valence-corrected chi connectivity index (χ1v) is 9.62. The summed E-state index contributed by atoms with van der Waals surface area (Å²) in [7, 11) is 3.25. The van der Waals surface area contributed by atoms with Gasteiger partial charge in [-0.05, 0) is 35.4 Å². The van der Waals surface area contributed by atoms with Crippen molar-refractivity contribution < 1.29 is 18.7 Å². The van der Waals surface area contributed by atoms with Gasteiger partial charge in [0.15, 0.2) is 0 Å². The number of carbonyl (C=O) groups excluding carboxylic acids is 1. The molecule has 0 fully saturated rings. The van der Waals surface area contributed by atoms with Crippen LogP contribution in [0.15, 0.2) is 58.2 Å². The summed E-state index contributed by atoms with van der Waals surface area (Å²) in [5, 5.41) is 11.3. The van der Waals surface area contributed by atoms with Crippen molar-refractivity contribution in [1.82, 2.24) is 15.5 Å². The summed E-state index contributed by atoms with van der Waals surface area (Å²) >= 11 is 1.21. The van der Waals surface area contributed by atoms with Crippen molar-refractivity contribution in [2.45, 2.75) is 18.2 Å². The Hall–Kier alpha value is -3.00. The first-order valence-electron chi connectivity index (χ1n) is 8.64. The molecule has 146 valence electrons. The third-order valence-electron chi connectivity index (χ3n) is 3.94. The van der Waals surface area contributed by atoms with Gasteiger partial charge in [0.05, 0.1) is 26.4 Å². The highest BCUT2D eigenvalue weighted by Crippen LogP contribution is 2.19. The normalized spacial score (nSPS) is 10.5. The summed E-state index contributed by atoms with van der Waals surface area (Å²) in [6.45, 7) is 0.454. The summed E-state index contributed by atoms with van der Waals surface area (Å²) in [5.74, 6) is 2.20. The molecule has 1 amide bonds. The van der Waals surface area contributed by atoms with Gasteiger partial charge in [0, 0.05) is 6.54 Å². The van der Waals surface area contributed by atoms with E-state index in [2.05, 4.69) is 15.5 Å². The minimum Gasteiger partial charge on any atom is -0.497 e. The first-order chi connectivity index (χ1) is 13.7. The Morgan fingerprint density at radius 2 is 1.57 bits per heavy atom. The van der Waals surface area contributed by atoms with Crippen molar-refractivity contribution in [2.75, 3.05) is 20.0 Å². The van der Waals surface area contributed by atoms with E-state index in [0.717, 1.165) is 22.6 Å². The fourth-order valence-electron chi connectivity index (χ4n) is 2.41. The van der Waals surface area contributed by atoms with E-state index in [0.29, 0.717) is 24.1 Å². The zero-order chi connectivity index (χ0) is 19.8. The maximum atomic E-state index is 12.0. The minimum absolute atomic E-state index is 0.101. The number of benzene rings is 2. The molecular formula is C20H21N3O4S. The van der Waals surface area contributed by atoms with Gasteiger partial charge in [-0.1, -0.05) is 36.0 Å². The first kappa shape index (κ1) is 19.8. The van der Waals surface area contributed by atoms with Crippen molar-refractivity contribution in [3.63, 3.8) is 0 Å². The molecule has 3 rings (SSSR count). The van der Waals surface area contributed by atoms with Gasteiger partial charge in [0.2, 0.25) is 11.8 Å². The summed E-state index contributed by atoms with van der Waals surface area (Å²) in [6.07, 6.45) is 0.529. The van der Waals surface area contributed by atoms with E-state index in [9.17, 15) is 4.79 Å². The van der Waals surface area contributed by atoms with Crippen LogP contribution in [0.3, 0.4) is 0 Å². The molecular weight excluding hydrogens is 378 g/mol. The molecule has 28 heavy (non-hydrogen) atoms. The Labute approximate surface area is 167 Å². The van der Waals surface area contributed by atoms with E-state index in [1.807, 2.05) is 48.5 Å². The molecule has 0 radical (unpaired) electrons. The number of ether oxygens (including phenoxy) is 2. The second-order valence-electron chi connectivity index (χ2n) is 5.90. The van der Waals surface area contributed by atoms with Gasteiger partial charge < -0.3 is 19.2 Å². The Bertz CT molecular complexity index is 895. The van der Waals surface area contributed by atoms with Gasteiger partial charge in [-0.15, -0.1) is 10.2 Å². The van der Waals surface area contributed by atoms with Gasteiger partial charge in [-0.2, -0.15) is 0 Å². The van der Waals surface area contributed by atoms with E-state index in [1.54, 1.807) is 14.2 Å². The van der Waals surface area contributed by atoms with Gasteiger partial charge >= 0.3 is 0 Å². The molecule has 1 aromatic heterocycles. The molecule has 0 atom stereocenters. The van der Waals surface area contributed by atoms with Crippen LogP contribution >= 0.6 is 11.8 Å². The largest absolute Gasteiger partial charge is 0.497 e. The van der Waals surface area contributed by atoms with Gasteiger partial charge in [0.25, 0.3) is 5.22 Å². The molecule has 0 spiro atoms. The molecule has 3 aromatic rings. The lowest BCUT2D eigenvalue weighted by Gasteiger charge is -2.05. The minimum atomic E-state index is -0.101. The van der Waals surface area contributed by atoms with Gasteiger partial charge in [0.1, 0.15) is 11.5 Å². The summed E-state index contributed by atoms with van der Waals surface area (Å²) in [6, 6.07) is 15.2. The van der Waals surface area contributed by atoms with E-state index < -0.39 is 0 Å². The number of carbonyl (C=O) groups is 1. The maximum Gasteiger partial charge on any atom is 0.277 e. The van der Waals surface area contributed by atoms with Gasteiger partial charge in [-0.25, -0.2) is 0 Å². The highest BCUT2D eigenvalue weighted by atomic mass is 32.2. The van der Waals surface area contributed by atoms with Crippen LogP contribution in [0.4, 0.5) is 0 Å². The maximum absolute atomic E-state index is 12.0. The third kappa shape index (κ3) is 5.75. The van der Waals surface area contributed by atoms with Crippen LogP contribution in [0.1, 0.15) is 17.0 Å². The number of nitrogens with zero attached hydrogens (tertiary/aromatic N) is 2. The second-order valence-corrected chi connectivity index (χ2v) is 6.83. The lowest BCUT2D eigenvalue weighted by molar-refractivity contribution is -0.118. The van der Waals surface area contributed by atoms with Crippen LogP contribution < -0.4 is 14.8 Å². The molecule has 8 heteroatoms. The average molecular weight is 399 g/mol. The lowest BCUT2D eigenvalue weighted by atomic mass is 10.1. The van der Waals surface area contributed by atoms with Crippen LogP contribution in [0.2, 0.25) is 0 Å². The van der Waals surface area contributed by atoms with E-state index in [-0.39, 0.29) is 11.7 Å². The molecule has 0 unspecified atom stereocenters. The predicted molar refractivity (Wildman–Crippen MR) is 106 cm³/mol. The number of aromatic nitrogens is 2. The number of methoxy groups -OCH3 is 2. The SMILES string of the molecule is COc1ccc(CNC(=O)CSc2nnc(Cc3ccc(OC)cc3)o2)cc1. The number of thioether (sulfide) groups is 1. The Kier molecular flexibility index (Phi) is 6.91. The number of hydrogen-bond donors (Lipinski definition) is 1. The summed E-state index contributed by atoms with van der Waals surface area (Å²) in [5.41, 5.74) is 2.04. The molecule has 7 nitrogen and oxygen atoms in total. The van der Waals surface area contributed by atoms with Crippen LogP contribution in [-0.2, 0) is 17.8 Å². The van der Waals surface area contributed by atoms with Gasteiger partial charge in [-0.3, -0.25) is 4.79 Å². The summed E-state index contributed by atoms with van der Waals surface area (Å²) < 4.78 is 15.8. The molecule has 0 saturated carbocycles. The molecule has 0 bridgehead atoms.